The molecule has 2 aromatic rings. The molecular weight excluding hydrogens is 380 g/mol. The molecule has 7 heteroatoms. The number of nitrogens with one attached hydrogen (secondary N) is 1. The number of halogens is 1. The molecule has 0 bridgehead atoms. The van der Waals surface area contributed by atoms with E-state index in [0.29, 0.717) is 28.8 Å². The van der Waals surface area contributed by atoms with Gasteiger partial charge in [-0.1, -0.05) is 37.6 Å². The highest BCUT2D eigenvalue weighted by molar-refractivity contribution is 6.53. The summed E-state index contributed by atoms with van der Waals surface area (Å²) in [6.45, 7) is 4.20. The number of methoxy groups -OCH3 is 2. The van der Waals surface area contributed by atoms with Gasteiger partial charge in [-0.05, 0) is 35.7 Å². The molecular formula is C21H21ClN2O4. The second-order valence-corrected chi connectivity index (χ2v) is 6.95. The molecule has 1 N–H and O–H groups in total. The highest BCUT2D eigenvalue weighted by Gasteiger charge is 2.40. The summed E-state index contributed by atoms with van der Waals surface area (Å²) in [6.07, 6.45) is 0. The molecule has 0 spiro atoms. The average molecular weight is 401 g/mol. The minimum atomic E-state index is -0.614. The third kappa shape index (κ3) is 3.55. The largest absolute Gasteiger partial charge is 0.497 e. The lowest BCUT2D eigenvalue weighted by Crippen LogP contribution is -2.32. The molecule has 0 aromatic heterocycles. The summed E-state index contributed by atoms with van der Waals surface area (Å²) in [7, 11) is 2.97. The number of carbonyl (C=O) groups is 2. The van der Waals surface area contributed by atoms with E-state index in [9.17, 15) is 9.59 Å². The van der Waals surface area contributed by atoms with Crippen LogP contribution >= 0.6 is 11.6 Å². The van der Waals surface area contributed by atoms with E-state index in [1.54, 1.807) is 18.2 Å². The topological polar surface area (TPSA) is 67.9 Å². The summed E-state index contributed by atoms with van der Waals surface area (Å²) in [5.41, 5.74) is 2.16. The Morgan fingerprint density at radius 2 is 1.64 bits per heavy atom. The number of ether oxygens (including phenoxy) is 2. The summed E-state index contributed by atoms with van der Waals surface area (Å²) in [4.78, 5) is 26.6. The maximum absolute atomic E-state index is 12.9. The number of carbonyl (C=O) groups excluding carboxylic acids is 2. The second-order valence-electron chi connectivity index (χ2n) is 6.57. The quantitative estimate of drug-likeness (QED) is 0.733. The monoisotopic (exact) mass is 400 g/mol. The molecule has 1 heterocycles. The fraction of sp³-hybridized carbons (Fsp3) is 0.238. The lowest BCUT2D eigenvalue weighted by atomic mass is 10.0. The molecule has 0 saturated heterocycles. The van der Waals surface area contributed by atoms with Crippen molar-refractivity contribution in [3.8, 4) is 11.5 Å². The molecule has 28 heavy (non-hydrogen) atoms. The normalized spacial score (nSPS) is 14.1. The molecule has 1 aliphatic heterocycles. The van der Waals surface area contributed by atoms with Crippen LogP contribution in [-0.2, 0) is 9.59 Å². The van der Waals surface area contributed by atoms with Gasteiger partial charge in [0.05, 0.1) is 19.9 Å². The summed E-state index contributed by atoms with van der Waals surface area (Å²) in [5.74, 6) is 0.0998. The van der Waals surface area contributed by atoms with Gasteiger partial charge in [-0.25, -0.2) is 4.90 Å². The van der Waals surface area contributed by atoms with Gasteiger partial charge in [0.15, 0.2) is 0 Å². The third-order valence-electron chi connectivity index (χ3n) is 4.50. The van der Waals surface area contributed by atoms with E-state index in [2.05, 4.69) is 19.2 Å². The fourth-order valence-corrected chi connectivity index (χ4v) is 3.11. The van der Waals surface area contributed by atoms with Crippen molar-refractivity contribution in [3.63, 3.8) is 0 Å². The molecule has 0 atom stereocenters. The van der Waals surface area contributed by atoms with Gasteiger partial charge in [0.25, 0.3) is 11.8 Å². The molecule has 0 radical (unpaired) electrons. The van der Waals surface area contributed by atoms with Crippen LogP contribution in [0.25, 0.3) is 0 Å². The Kier molecular flexibility index (Phi) is 5.61. The van der Waals surface area contributed by atoms with Gasteiger partial charge in [0.1, 0.15) is 22.2 Å². The third-order valence-corrected chi connectivity index (χ3v) is 4.85. The predicted octanol–water partition coefficient (Wildman–Crippen LogP) is 4.26. The van der Waals surface area contributed by atoms with Gasteiger partial charge in [-0.2, -0.15) is 0 Å². The molecule has 6 nitrogen and oxygen atoms in total. The number of hydrogen-bond donors (Lipinski definition) is 1. The maximum Gasteiger partial charge on any atom is 0.283 e. The zero-order chi connectivity index (χ0) is 20.4. The maximum atomic E-state index is 12.9. The molecule has 0 aliphatic carbocycles. The van der Waals surface area contributed by atoms with Crippen LogP contribution in [-0.4, -0.2) is 26.0 Å². The Balaban J connectivity index is 1.90. The Morgan fingerprint density at radius 3 is 2.21 bits per heavy atom. The molecule has 1 aliphatic rings. The van der Waals surface area contributed by atoms with Crippen LogP contribution in [0.3, 0.4) is 0 Å². The van der Waals surface area contributed by atoms with Crippen molar-refractivity contribution in [3.05, 3.63) is 58.8 Å². The zero-order valence-corrected chi connectivity index (χ0v) is 16.8. The molecule has 0 fully saturated rings. The lowest BCUT2D eigenvalue weighted by Gasteiger charge is -2.18. The first-order chi connectivity index (χ1) is 13.4. The first-order valence-corrected chi connectivity index (χ1v) is 9.12. The van der Waals surface area contributed by atoms with Crippen LogP contribution in [0.1, 0.15) is 25.3 Å². The number of amides is 2. The number of anilines is 2. The second kappa shape index (κ2) is 7.94. The van der Waals surface area contributed by atoms with Crippen molar-refractivity contribution in [1.29, 1.82) is 0 Å². The minimum absolute atomic E-state index is 0.0295. The summed E-state index contributed by atoms with van der Waals surface area (Å²) in [6, 6.07) is 12.4. The fourth-order valence-electron chi connectivity index (χ4n) is 2.90. The van der Waals surface area contributed by atoms with E-state index >= 15 is 0 Å². The molecule has 0 unspecified atom stereocenters. The van der Waals surface area contributed by atoms with Gasteiger partial charge in [-0.15, -0.1) is 0 Å². The van der Waals surface area contributed by atoms with Crippen LogP contribution < -0.4 is 19.7 Å². The van der Waals surface area contributed by atoms with E-state index in [4.69, 9.17) is 21.1 Å². The van der Waals surface area contributed by atoms with Gasteiger partial charge < -0.3 is 14.8 Å². The van der Waals surface area contributed by atoms with Gasteiger partial charge in [-0.3, -0.25) is 9.59 Å². The lowest BCUT2D eigenvalue weighted by molar-refractivity contribution is -0.120. The van der Waals surface area contributed by atoms with E-state index in [0.717, 1.165) is 4.90 Å². The van der Waals surface area contributed by atoms with Crippen molar-refractivity contribution in [2.45, 2.75) is 19.8 Å². The van der Waals surface area contributed by atoms with Gasteiger partial charge >= 0.3 is 0 Å². The van der Waals surface area contributed by atoms with Crippen LogP contribution in [0, 0.1) is 0 Å². The van der Waals surface area contributed by atoms with Crippen LogP contribution in [0.5, 0.6) is 11.5 Å². The van der Waals surface area contributed by atoms with Crippen molar-refractivity contribution in [2.24, 2.45) is 0 Å². The Bertz CT molecular complexity index is 951. The first kappa shape index (κ1) is 19.8. The Labute approximate surface area is 168 Å². The molecule has 3 rings (SSSR count). The Hall–Kier alpha value is -2.99. The number of hydrogen-bond acceptors (Lipinski definition) is 5. The van der Waals surface area contributed by atoms with E-state index in [1.807, 2.05) is 24.3 Å². The van der Waals surface area contributed by atoms with E-state index in [1.165, 1.54) is 19.8 Å². The smallest absolute Gasteiger partial charge is 0.283 e. The predicted molar refractivity (Wildman–Crippen MR) is 109 cm³/mol. The molecule has 146 valence electrons. The first-order valence-electron chi connectivity index (χ1n) is 8.75. The minimum Gasteiger partial charge on any atom is -0.497 e. The number of rotatable bonds is 6. The van der Waals surface area contributed by atoms with Crippen molar-refractivity contribution >= 4 is 34.8 Å². The van der Waals surface area contributed by atoms with Crippen molar-refractivity contribution in [1.82, 2.24) is 0 Å². The molecule has 2 amide bonds. The summed E-state index contributed by atoms with van der Waals surface area (Å²) >= 11 is 6.19. The van der Waals surface area contributed by atoms with Crippen LogP contribution in [0.4, 0.5) is 11.4 Å². The van der Waals surface area contributed by atoms with Crippen LogP contribution in [0.15, 0.2) is 53.2 Å². The van der Waals surface area contributed by atoms with Crippen molar-refractivity contribution in [2.75, 3.05) is 24.4 Å². The highest BCUT2D eigenvalue weighted by atomic mass is 35.5. The number of benzene rings is 2. The van der Waals surface area contributed by atoms with Gasteiger partial charge in [0, 0.05) is 11.8 Å². The Morgan fingerprint density at radius 1 is 0.964 bits per heavy atom. The number of nitrogens with zero attached hydrogens (tertiary/aromatic N) is 1. The molecule has 0 saturated carbocycles. The highest BCUT2D eigenvalue weighted by Crippen LogP contribution is 2.37. The average Bonchev–Trinajstić information content (AvgIpc) is 2.91. The summed E-state index contributed by atoms with van der Waals surface area (Å²) in [5, 5.41) is 2.80. The van der Waals surface area contributed by atoms with E-state index in [-0.39, 0.29) is 10.7 Å². The SMILES string of the molecule is COc1ccc(N2C(=O)C(Cl)=C(Nc3ccc(C(C)C)cc3)C2=O)c(OC)c1. The van der Waals surface area contributed by atoms with Crippen molar-refractivity contribution < 1.29 is 19.1 Å². The zero-order valence-electron chi connectivity index (χ0n) is 16.1. The number of imide groups is 1. The summed E-state index contributed by atoms with van der Waals surface area (Å²) < 4.78 is 10.5. The van der Waals surface area contributed by atoms with Crippen LogP contribution in [0.2, 0.25) is 0 Å². The van der Waals surface area contributed by atoms with Gasteiger partial charge in [0.2, 0.25) is 0 Å². The molecule has 2 aromatic carbocycles. The standard InChI is InChI=1S/C21H21ClN2O4/c1-12(2)13-5-7-14(8-6-13)23-19-18(22)20(25)24(21(19)26)16-10-9-15(27-3)11-17(16)28-4/h5-12,23H,1-4H3. The van der Waals surface area contributed by atoms with E-state index < -0.39 is 11.8 Å².